The molecule has 3 rings (SSSR count). The zero-order chi connectivity index (χ0) is 14.5. The van der Waals surface area contributed by atoms with Crippen molar-refractivity contribution in [3.63, 3.8) is 0 Å². The van der Waals surface area contributed by atoms with E-state index in [0.29, 0.717) is 18.8 Å². The van der Waals surface area contributed by atoms with Crippen LogP contribution in [0.4, 0.5) is 0 Å². The smallest absolute Gasteiger partial charge is 0.247 e. The summed E-state index contributed by atoms with van der Waals surface area (Å²) in [5, 5.41) is 6.51. The SMILES string of the molecule is Cc1[nH]ncc1S(=O)(=O)N1CCn2c(C)ccc2C1C. The van der Waals surface area contributed by atoms with Crippen molar-refractivity contribution in [1.82, 2.24) is 19.1 Å². The second kappa shape index (κ2) is 4.46. The van der Waals surface area contributed by atoms with Crippen LogP contribution >= 0.6 is 0 Å². The number of hydrogen-bond acceptors (Lipinski definition) is 3. The Hall–Kier alpha value is -1.60. The van der Waals surface area contributed by atoms with Crippen molar-refractivity contribution < 1.29 is 8.42 Å². The molecule has 0 saturated heterocycles. The first-order valence-electron chi connectivity index (χ1n) is 6.61. The quantitative estimate of drug-likeness (QED) is 0.914. The fourth-order valence-electron chi connectivity index (χ4n) is 2.85. The van der Waals surface area contributed by atoms with Gasteiger partial charge in [-0.3, -0.25) is 5.10 Å². The molecule has 0 bridgehead atoms. The Morgan fingerprint density at radius 1 is 1.30 bits per heavy atom. The average molecular weight is 294 g/mol. The number of H-pyrrole nitrogens is 1. The van der Waals surface area contributed by atoms with Gasteiger partial charge < -0.3 is 4.57 Å². The first-order valence-corrected chi connectivity index (χ1v) is 8.05. The number of sulfonamides is 1. The number of aryl methyl sites for hydroxylation is 2. The maximum absolute atomic E-state index is 12.8. The summed E-state index contributed by atoms with van der Waals surface area (Å²) in [5.41, 5.74) is 2.79. The molecule has 108 valence electrons. The van der Waals surface area contributed by atoms with Gasteiger partial charge in [-0.2, -0.15) is 9.40 Å². The molecule has 0 radical (unpaired) electrons. The van der Waals surface area contributed by atoms with Crippen molar-refractivity contribution in [2.24, 2.45) is 0 Å². The highest BCUT2D eigenvalue weighted by Crippen LogP contribution is 2.32. The molecule has 0 spiro atoms. The van der Waals surface area contributed by atoms with Gasteiger partial charge in [-0.15, -0.1) is 0 Å². The molecule has 20 heavy (non-hydrogen) atoms. The largest absolute Gasteiger partial charge is 0.346 e. The van der Waals surface area contributed by atoms with Crippen molar-refractivity contribution in [1.29, 1.82) is 0 Å². The molecule has 6 nitrogen and oxygen atoms in total. The lowest BCUT2D eigenvalue weighted by Crippen LogP contribution is -2.41. The summed E-state index contributed by atoms with van der Waals surface area (Å²) in [5.74, 6) is 0. The molecule has 0 saturated carbocycles. The fraction of sp³-hybridized carbons (Fsp3) is 0.462. The van der Waals surface area contributed by atoms with E-state index < -0.39 is 10.0 Å². The Balaban J connectivity index is 2.03. The highest BCUT2D eigenvalue weighted by atomic mass is 32.2. The van der Waals surface area contributed by atoms with Crippen LogP contribution in [-0.4, -0.2) is 34.0 Å². The Bertz CT molecular complexity index is 744. The second-order valence-electron chi connectivity index (χ2n) is 5.20. The van der Waals surface area contributed by atoms with Crippen LogP contribution in [0.15, 0.2) is 23.2 Å². The molecule has 2 aromatic rings. The molecular formula is C13H18N4O2S. The highest BCUT2D eigenvalue weighted by molar-refractivity contribution is 7.89. The maximum atomic E-state index is 12.8. The van der Waals surface area contributed by atoms with E-state index in [-0.39, 0.29) is 10.9 Å². The van der Waals surface area contributed by atoms with Crippen molar-refractivity contribution in [2.45, 2.75) is 38.3 Å². The van der Waals surface area contributed by atoms with Crippen LogP contribution in [0, 0.1) is 13.8 Å². The standard InChI is InChI=1S/C13H18N4O2S/c1-9-4-5-12-11(3)17(7-6-16(9)12)20(18,19)13-8-14-15-10(13)2/h4-5,8,11H,6-7H2,1-3H3,(H,14,15). The van der Waals surface area contributed by atoms with E-state index in [1.165, 1.54) is 11.9 Å². The lowest BCUT2D eigenvalue weighted by Gasteiger charge is -2.34. The minimum Gasteiger partial charge on any atom is -0.346 e. The van der Waals surface area contributed by atoms with Gasteiger partial charge in [0.05, 0.1) is 17.9 Å². The summed E-state index contributed by atoms with van der Waals surface area (Å²) in [6.07, 6.45) is 1.39. The van der Waals surface area contributed by atoms with Gasteiger partial charge in [0, 0.05) is 24.5 Å². The Morgan fingerprint density at radius 3 is 2.70 bits per heavy atom. The van der Waals surface area contributed by atoms with Gasteiger partial charge in [-0.1, -0.05) is 0 Å². The third-order valence-electron chi connectivity index (χ3n) is 4.01. The van der Waals surface area contributed by atoms with E-state index in [1.54, 1.807) is 11.2 Å². The minimum absolute atomic E-state index is 0.170. The molecule has 0 amide bonds. The van der Waals surface area contributed by atoms with Gasteiger partial charge in [0.2, 0.25) is 10.0 Å². The summed E-state index contributed by atoms with van der Waals surface area (Å²) >= 11 is 0. The summed E-state index contributed by atoms with van der Waals surface area (Å²) in [6, 6.07) is 3.87. The first kappa shape index (κ1) is 13.4. The van der Waals surface area contributed by atoms with Crippen molar-refractivity contribution in [3.8, 4) is 0 Å². The van der Waals surface area contributed by atoms with Crippen LogP contribution in [0.2, 0.25) is 0 Å². The molecule has 7 heteroatoms. The highest BCUT2D eigenvalue weighted by Gasteiger charge is 2.35. The van der Waals surface area contributed by atoms with E-state index in [9.17, 15) is 8.42 Å². The van der Waals surface area contributed by atoms with Gasteiger partial charge in [-0.05, 0) is 32.9 Å². The second-order valence-corrected chi connectivity index (χ2v) is 7.06. The Labute approximate surface area is 118 Å². The molecule has 0 fully saturated rings. The summed E-state index contributed by atoms with van der Waals surface area (Å²) < 4.78 is 29.2. The molecule has 1 N–H and O–H groups in total. The zero-order valence-corrected chi connectivity index (χ0v) is 12.6. The summed E-state index contributed by atoms with van der Waals surface area (Å²) in [7, 11) is -3.51. The molecule has 1 unspecified atom stereocenters. The predicted molar refractivity (Wildman–Crippen MR) is 74.8 cm³/mol. The van der Waals surface area contributed by atoms with Gasteiger partial charge in [-0.25, -0.2) is 8.42 Å². The van der Waals surface area contributed by atoms with Crippen molar-refractivity contribution in [2.75, 3.05) is 6.54 Å². The number of aromatic nitrogens is 3. The van der Waals surface area contributed by atoms with E-state index in [2.05, 4.69) is 14.8 Å². The normalized spacial score (nSPS) is 20.1. The molecule has 3 heterocycles. The third-order valence-corrected chi connectivity index (χ3v) is 6.09. The van der Waals surface area contributed by atoms with Crippen molar-refractivity contribution >= 4 is 10.0 Å². The fourth-order valence-corrected chi connectivity index (χ4v) is 4.57. The van der Waals surface area contributed by atoms with Crippen LogP contribution in [0.25, 0.3) is 0 Å². The van der Waals surface area contributed by atoms with Gasteiger partial charge >= 0.3 is 0 Å². The van der Waals surface area contributed by atoms with Gasteiger partial charge in [0.1, 0.15) is 4.90 Å². The zero-order valence-electron chi connectivity index (χ0n) is 11.8. The van der Waals surface area contributed by atoms with Crippen LogP contribution in [0.1, 0.15) is 30.0 Å². The summed E-state index contributed by atoms with van der Waals surface area (Å²) in [6.45, 7) is 6.87. The maximum Gasteiger partial charge on any atom is 0.247 e. The Kier molecular flexibility index (Phi) is 2.98. The predicted octanol–water partition coefficient (Wildman–Crippen LogP) is 1.59. The minimum atomic E-state index is -3.51. The van der Waals surface area contributed by atoms with E-state index in [0.717, 1.165) is 5.69 Å². The van der Waals surface area contributed by atoms with E-state index in [1.807, 2.05) is 26.0 Å². The molecule has 1 aliphatic heterocycles. The van der Waals surface area contributed by atoms with Crippen LogP contribution in [0.5, 0.6) is 0 Å². The molecule has 0 aromatic carbocycles. The number of rotatable bonds is 2. The van der Waals surface area contributed by atoms with E-state index in [4.69, 9.17) is 0 Å². The van der Waals surface area contributed by atoms with Crippen LogP contribution in [0.3, 0.4) is 0 Å². The van der Waals surface area contributed by atoms with Gasteiger partial charge in [0.15, 0.2) is 0 Å². The molecular weight excluding hydrogens is 276 g/mol. The van der Waals surface area contributed by atoms with Gasteiger partial charge in [0.25, 0.3) is 0 Å². The number of aromatic amines is 1. The van der Waals surface area contributed by atoms with Crippen LogP contribution < -0.4 is 0 Å². The monoisotopic (exact) mass is 294 g/mol. The number of nitrogens with one attached hydrogen (secondary N) is 1. The topological polar surface area (TPSA) is 71.0 Å². The lowest BCUT2D eigenvalue weighted by atomic mass is 10.2. The number of hydrogen-bond donors (Lipinski definition) is 1. The number of nitrogens with zero attached hydrogens (tertiary/aromatic N) is 3. The van der Waals surface area contributed by atoms with Crippen LogP contribution in [-0.2, 0) is 16.6 Å². The Morgan fingerprint density at radius 2 is 2.05 bits per heavy atom. The lowest BCUT2D eigenvalue weighted by molar-refractivity contribution is 0.280. The van der Waals surface area contributed by atoms with Crippen molar-refractivity contribution in [3.05, 3.63) is 35.4 Å². The molecule has 1 aliphatic rings. The molecule has 1 atom stereocenters. The molecule has 2 aromatic heterocycles. The first-order chi connectivity index (χ1) is 9.43. The third kappa shape index (κ3) is 1.81. The average Bonchev–Trinajstić information content (AvgIpc) is 2.97. The summed E-state index contributed by atoms with van der Waals surface area (Å²) in [4.78, 5) is 0.265. The van der Waals surface area contributed by atoms with E-state index >= 15 is 0 Å². The number of fused-ring (bicyclic) bond motifs is 1. The molecule has 0 aliphatic carbocycles.